The number of aromatic nitrogens is 4. The Hall–Kier alpha value is -2.94. The summed E-state index contributed by atoms with van der Waals surface area (Å²) in [6, 6.07) is 8.22. The molecule has 3 aromatic rings. The van der Waals surface area contributed by atoms with Crippen LogP contribution in [0.1, 0.15) is 0 Å². The largest absolute Gasteiger partial charge is 0.368 e. The van der Waals surface area contributed by atoms with Gasteiger partial charge in [-0.1, -0.05) is 23.9 Å². The molecule has 1 aromatic carbocycles. The van der Waals surface area contributed by atoms with Crippen molar-refractivity contribution in [2.45, 2.75) is 11.7 Å². The molecule has 2 aromatic heterocycles. The Kier molecular flexibility index (Phi) is 3.42. The van der Waals surface area contributed by atoms with Gasteiger partial charge in [-0.25, -0.2) is 15.0 Å². The first kappa shape index (κ1) is 14.6. The first-order valence-corrected chi connectivity index (χ1v) is 8.19. The highest BCUT2D eigenvalue weighted by Crippen LogP contribution is 2.38. The number of imidazole rings is 1. The number of hydrogen-bond donors (Lipinski definition) is 1. The molecule has 0 radical (unpaired) electrons. The Bertz CT molecular complexity index is 955. The lowest BCUT2D eigenvalue weighted by atomic mass is 10.1. The topological polar surface area (TPSA) is 113 Å². The minimum absolute atomic E-state index is 0.0291. The molecule has 0 aliphatic carbocycles. The molecule has 24 heavy (non-hydrogen) atoms. The number of thioether (sulfide) groups is 1. The molecule has 4 rings (SSSR count). The summed E-state index contributed by atoms with van der Waals surface area (Å²) in [7, 11) is 0. The number of nitrogens with two attached hydrogens (primary N) is 1. The zero-order valence-electron chi connectivity index (χ0n) is 12.4. The Morgan fingerprint density at radius 2 is 2.17 bits per heavy atom. The molecule has 0 bridgehead atoms. The van der Waals surface area contributed by atoms with E-state index in [0.29, 0.717) is 17.0 Å². The van der Waals surface area contributed by atoms with Crippen LogP contribution in [0.2, 0.25) is 0 Å². The van der Waals surface area contributed by atoms with Crippen LogP contribution in [-0.4, -0.2) is 30.2 Å². The minimum atomic E-state index is -0.412. The van der Waals surface area contributed by atoms with Crippen molar-refractivity contribution in [3.05, 3.63) is 46.6 Å². The van der Waals surface area contributed by atoms with Crippen molar-refractivity contribution in [3.63, 3.8) is 0 Å². The number of benzene rings is 1. The highest BCUT2D eigenvalue weighted by Gasteiger charge is 2.25. The average molecular weight is 340 g/mol. The van der Waals surface area contributed by atoms with E-state index in [1.54, 1.807) is 30.1 Å². The Labute approximate surface area is 140 Å². The molecule has 9 heteroatoms. The molecular weight excluding hydrogens is 328 g/mol. The minimum Gasteiger partial charge on any atom is -0.368 e. The molecule has 0 fully saturated rings. The summed E-state index contributed by atoms with van der Waals surface area (Å²) in [5, 5.41) is 11.9. The maximum absolute atomic E-state index is 11.1. The fraction of sp³-hybridized carbons (Fsp3) is 0.133. The lowest BCUT2D eigenvalue weighted by Gasteiger charge is -2.07. The van der Waals surface area contributed by atoms with Crippen molar-refractivity contribution in [2.24, 2.45) is 0 Å². The van der Waals surface area contributed by atoms with Crippen LogP contribution in [0.4, 0.5) is 11.6 Å². The second-order valence-electron chi connectivity index (χ2n) is 5.20. The molecule has 8 nitrogen and oxygen atoms in total. The van der Waals surface area contributed by atoms with E-state index in [0.717, 1.165) is 23.1 Å². The third-order valence-corrected chi connectivity index (χ3v) is 4.68. The summed E-state index contributed by atoms with van der Waals surface area (Å²) in [6.07, 6.45) is 1.59. The van der Waals surface area contributed by atoms with Gasteiger partial charge in [-0.05, 0) is 6.07 Å². The molecule has 2 N–H and O–H groups in total. The molecule has 0 atom stereocenters. The van der Waals surface area contributed by atoms with E-state index in [1.807, 2.05) is 6.07 Å². The van der Waals surface area contributed by atoms with E-state index in [4.69, 9.17) is 5.73 Å². The summed E-state index contributed by atoms with van der Waals surface area (Å²) in [5.41, 5.74) is 8.56. The van der Waals surface area contributed by atoms with Gasteiger partial charge in [0.2, 0.25) is 5.95 Å². The highest BCUT2D eigenvalue weighted by molar-refractivity contribution is 7.99. The van der Waals surface area contributed by atoms with Gasteiger partial charge in [0.05, 0.1) is 22.0 Å². The Morgan fingerprint density at radius 3 is 2.96 bits per heavy atom. The van der Waals surface area contributed by atoms with E-state index >= 15 is 0 Å². The van der Waals surface area contributed by atoms with Crippen LogP contribution in [0.3, 0.4) is 0 Å². The molecular formula is C15H12N6O2S. The van der Waals surface area contributed by atoms with Crippen LogP contribution >= 0.6 is 11.8 Å². The molecule has 0 spiro atoms. The SMILES string of the molecule is Nc1nccc(-c2c(-c3cccc([N+](=O)[O-])c3)nc3n2CCS3)n1. The Balaban J connectivity index is 1.94. The van der Waals surface area contributed by atoms with Crippen molar-refractivity contribution < 1.29 is 4.92 Å². The van der Waals surface area contributed by atoms with Crippen LogP contribution in [0.5, 0.6) is 0 Å². The van der Waals surface area contributed by atoms with Crippen LogP contribution in [0, 0.1) is 10.1 Å². The quantitative estimate of drug-likeness (QED) is 0.576. The second kappa shape index (κ2) is 5.60. The molecule has 0 saturated heterocycles. The number of anilines is 1. The van der Waals surface area contributed by atoms with Crippen molar-refractivity contribution in [3.8, 4) is 22.6 Å². The molecule has 1 aliphatic heterocycles. The van der Waals surface area contributed by atoms with Gasteiger partial charge in [-0.2, -0.15) is 0 Å². The van der Waals surface area contributed by atoms with Gasteiger partial charge in [0, 0.05) is 36.2 Å². The third-order valence-electron chi connectivity index (χ3n) is 3.73. The standard InChI is InChI=1S/C15H12N6O2S/c16-14-17-5-4-11(18-14)13-12(19-15-20(13)6-7-24-15)9-2-1-3-10(8-9)21(22)23/h1-5,8H,6-7H2,(H2,16,17,18). The van der Waals surface area contributed by atoms with E-state index in [9.17, 15) is 10.1 Å². The summed E-state index contributed by atoms with van der Waals surface area (Å²) in [6.45, 7) is 0.807. The predicted molar refractivity (Wildman–Crippen MR) is 90.5 cm³/mol. The van der Waals surface area contributed by atoms with Crippen LogP contribution in [0.25, 0.3) is 22.6 Å². The maximum atomic E-state index is 11.1. The second-order valence-corrected chi connectivity index (χ2v) is 6.26. The monoisotopic (exact) mass is 340 g/mol. The summed E-state index contributed by atoms with van der Waals surface area (Å²) in [5.74, 6) is 1.11. The molecule has 0 unspecified atom stereocenters. The van der Waals surface area contributed by atoms with Crippen molar-refractivity contribution in [1.29, 1.82) is 0 Å². The number of hydrogen-bond acceptors (Lipinski definition) is 7. The molecule has 120 valence electrons. The maximum Gasteiger partial charge on any atom is 0.270 e. The third kappa shape index (κ3) is 2.38. The smallest absolute Gasteiger partial charge is 0.270 e. The number of nitrogen functional groups attached to an aromatic ring is 1. The van der Waals surface area contributed by atoms with Crippen LogP contribution < -0.4 is 5.73 Å². The Morgan fingerprint density at radius 1 is 1.29 bits per heavy atom. The normalized spacial score (nSPS) is 13.0. The fourth-order valence-electron chi connectivity index (χ4n) is 2.71. The zero-order chi connectivity index (χ0) is 16.7. The van der Waals surface area contributed by atoms with E-state index in [1.165, 1.54) is 12.1 Å². The van der Waals surface area contributed by atoms with Crippen molar-refractivity contribution >= 4 is 23.4 Å². The van der Waals surface area contributed by atoms with Crippen LogP contribution in [0.15, 0.2) is 41.7 Å². The fourth-order valence-corrected chi connectivity index (χ4v) is 3.66. The van der Waals surface area contributed by atoms with E-state index in [-0.39, 0.29) is 11.6 Å². The van der Waals surface area contributed by atoms with Gasteiger partial charge in [0.15, 0.2) is 5.16 Å². The number of nitrogens with zero attached hydrogens (tertiary/aromatic N) is 5. The molecule has 0 saturated carbocycles. The van der Waals surface area contributed by atoms with E-state index in [2.05, 4.69) is 19.5 Å². The lowest BCUT2D eigenvalue weighted by molar-refractivity contribution is -0.384. The van der Waals surface area contributed by atoms with Gasteiger partial charge < -0.3 is 10.3 Å². The highest BCUT2D eigenvalue weighted by atomic mass is 32.2. The average Bonchev–Trinajstić information content (AvgIpc) is 3.15. The summed E-state index contributed by atoms with van der Waals surface area (Å²) in [4.78, 5) is 23.5. The number of fused-ring (bicyclic) bond motifs is 1. The van der Waals surface area contributed by atoms with Crippen molar-refractivity contribution in [1.82, 2.24) is 19.5 Å². The summed E-state index contributed by atoms with van der Waals surface area (Å²) >= 11 is 1.65. The predicted octanol–water partition coefficient (Wildman–Crippen LogP) is 2.60. The zero-order valence-corrected chi connectivity index (χ0v) is 13.2. The number of nitro groups is 1. The van der Waals surface area contributed by atoms with Gasteiger partial charge in [0.25, 0.3) is 5.69 Å². The first-order valence-electron chi connectivity index (χ1n) is 7.20. The van der Waals surface area contributed by atoms with Gasteiger partial charge in [0.1, 0.15) is 0 Å². The first-order chi connectivity index (χ1) is 11.6. The number of rotatable bonds is 3. The molecule has 0 amide bonds. The molecule has 1 aliphatic rings. The summed E-state index contributed by atoms with van der Waals surface area (Å²) < 4.78 is 2.07. The van der Waals surface area contributed by atoms with Crippen LogP contribution in [-0.2, 0) is 6.54 Å². The van der Waals surface area contributed by atoms with Gasteiger partial charge in [-0.3, -0.25) is 10.1 Å². The van der Waals surface area contributed by atoms with E-state index < -0.39 is 4.92 Å². The number of nitro benzene ring substituents is 1. The number of non-ortho nitro benzene ring substituents is 1. The van der Waals surface area contributed by atoms with Crippen molar-refractivity contribution in [2.75, 3.05) is 11.5 Å². The van der Waals surface area contributed by atoms with Gasteiger partial charge in [-0.15, -0.1) is 0 Å². The molecule has 3 heterocycles. The lowest BCUT2D eigenvalue weighted by Crippen LogP contribution is -2.02. The van der Waals surface area contributed by atoms with Gasteiger partial charge >= 0.3 is 0 Å².